The lowest BCUT2D eigenvalue weighted by Crippen LogP contribution is -2.32. The van der Waals surface area contributed by atoms with Gasteiger partial charge in [-0.1, -0.05) is 0 Å². The molecule has 6 heteroatoms. The fourth-order valence-electron chi connectivity index (χ4n) is 1.57. The van der Waals surface area contributed by atoms with E-state index in [2.05, 4.69) is 0 Å². The Balaban J connectivity index is 2.82. The molecule has 94 valence electrons. The van der Waals surface area contributed by atoms with Gasteiger partial charge in [0, 0.05) is 10.8 Å². The smallest absolute Gasteiger partial charge is 0.132 e. The molecule has 6 N–H and O–H groups in total. The van der Waals surface area contributed by atoms with Crippen molar-refractivity contribution < 1.29 is 8.78 Å². The van der Waals surface area contributed by atoms with Crippen LogP contribution in [0.15, 0.2) is 29.6 Å². The molecule has 2 rings (SSSR count). The van der Waals surface area contributed by atoms with Crippen LogP contribution < -0.4 is 27.0 Å². The molecule has 0 aliphatic rings. The summed E-state index contributed by atoms with van der Waals surface area (Å²) in [5, 5.41) is 2.26. The predicted molar refractivity (Wildman–Crippen MR) is 68.4 cm³/mol. The molecule has 0 bridgehead atoms. The Labute approximate surface area is 106 Å². The van der Waals surface area contributed by atoms with Crippen LogP contribution in [0.2, 0.25) is 0 Å². The highest BCUT2D eigenvalue weighted by Gasteiger charge is 2.08. The molecule has 0 aliphatic heterocycles. The van der Waals surface area contributed by atoms with Gasteiger partial charge in [-0.05, 0) is 29.6 Å². The van der Waals surface area contributed by atoms with Crippen molar-refractivity contribution in [3.05, 3.63) is 56.6 Å². The van der Waals surface area contributed by atoms with Crippen LogP contribution in [0, 0.1) is 11.6 Å². The Kier molecular flexibility index (Phi) is 3.20. The third-order valence-electron chi connectivity index (χ3n) is 2.44. The first-order chi connectivity index (χ1) is 8.50. The average molecular weight is 267 g/mol. The molecule has 0 saturated heterocycles. The number of benzene rings is 1. The van der Waals surface area contributed by atoms with Crippen molar-refractivity contribution in [3.8, 4) is 0 Å². The van der Waals surface area contributed by atoms with E-state index >= 15 is 0 Å². The number of thiophene rings is 1. The fraction of sp³-hybridized carbons (Fsp3) is 0. The lowest BCUT2D eigenvalue weighted by Gasteiger charge is -2.03. The lowest BCUT2D eigenvalue weighted by atomic mass is 10.1. The van der Waals surface area contributed by atoms with Crippen LogP contribution in [-0.4, -0.2) is 0 Å². The Morgan fingerprint density at radius 3 is 2.44 bits per heavy atom. The molecule has 0 saturated carbocycles. The van der Waals surface area contributed by atoms with Gasteiger partial charge in [0.1, 0.15) is 17.5 Å². The second-order valence-electron chi connectivity index (χ2n) is 3.66. The van der Waals surface area contributed by atoms with E-state index in [1.165, 1.54) is 11.3 Å². The molecular weight excluding hydrogens is 256 g/mol. The highest BCUT2D eigenvalue weighted by Crippen LogP contribution is 2.13. The Morgan fingerprint density at radius 1 is 1.06 bits per heavy atom. The van der Waals surface area contributed by atoms with E-state index < -0.39 is 11.6 Å². The third-order valence-corrected chi connectivity index (χ3v) is 3.39. The molecular formula is C12H11F2N3S. The van der Waals surface area contributed by atoms with E-state index in [0.717, 1.165) is 18.2 Å². The minimum Gasteiger partial charge on any atom is -0.397 e. The van der Waals surface area contributed by atoms with Crippen molar-refractivity contribution >= 4 is 22.9 Å². The summed E-state index contributed by atoms with van der Waals surface area (Å²) in [6, 6.07) is 4.78. The Morgan fingerprint density at radius 2 is 1.78 bits per heavy atom. The molecule has 0 unspecified atom stereocenters. The first-order valence-electron chi connectivity index (χ1n) is 5.04. The molecule has 0 fully saturated rings. The Bertz CT molecular complexity index is 702. The monoisotopic (exact) mass is 267 g/mol. The van der Waals surface area contributed by atoms with E-state index in [1.807, 2.05) is 0 Å². The van der Waals surface area contributed by atoms with Crippen molar-refractivity contribution in [1.82, 2.24) is 0 Å². The quantitative estimate of drug-likeness (QED) is 0.687. The number of halogens is 2. The number of nitrogens with two attached hydrogens (primary N) is 3. The average Bonchev–Trinajstić information content (AvgIpc) is 2.80. The molecule has 1 aromatic heterocycles. The summed E-state index contributed by atoms with van der Waals surface area (Å²) in [5.74, 6) is -1.06. The third kappa shape index (κ3) is 2.14. The number of hydrogen-bond acceptors (Lipinski definition) is 4. The lowest BCUT2D eigenvalue weighted by molar-refractivity contribution is 0.596. The van der Waals surface area contributed by atoms with Crippen LogP contribution in [0.3, 0.4) is 0 Å². The van der Waals surface area contributed by atoms with E-state index in [-0.39, 0.29) is 17.1 Å². The number of rotatable bonds is 1. The van der Waals surface area contributed by atoms with Gasteiger partial charge in [0.15, 0.2) is 0 Å². The molecule has 0 aliphatic carbocycles. The molecule has 1 heterocycles. The largest absolute Gasteiger partial charge is 0.397 e. The van der Waals surface area contributed by atoms with Crippen molar-refractivity contribution in [1.29, 1.82) is 0 Å². The predicted octanol–water partition coefficient (Wildman–Crippen LogP) is 0.125. The normalized spacial score (nSPS) is 12.3. The maximum absolute atomic E-state index is 13.6. The van der Waals surface area contributed by atoms with Gasteiger partial charge in [0.05, 0.1) is 10.2 Å². The van der Waals surface area contributed by atoms with Gasteiger partial charge in [-0.25, -0.2) is 8.78 Å². The first-order valence-corrected chi connectivity index (χ1v) is 5.92. The summed E-state index contributed by atoms with van der Waals surface area (Å²) in [6.45, 7) is 0. The standard InChI is InChI=1S/C12H11F2N3S/c13-6-1-2-9(14)8(5-6)10(15)11-7(12(16)17)3-4-18-11/h1-5H,15-17H2/b11-10+. The minimum atomic E-state index is -0.594. The van der Waals surface area contributed by atoms with Gasteiger partial charge in [0.25, 0.3) is 0 Å². The Hall–Kier alpha value is -2.08. The van der Waals surface area contributed by atoms with Crippen LogP contribution in [0.5, 0.6) is 0 Å². The molecule has 1 aromatic carbocycles. The summed E-state index contributed by atoms with van der Waals surface area (Å²) in [4.78, 5) is 0. The zero-order valence-corrected chi connectivity index (χ0v) is 10.1. The SMILES string of the molecule is NC(N)=c1ccs/c1=C(/N)c1cc(F)ccc1F. The molecule has 0 atom stereocenters. The molecule has 18 heavy (non-hydrogen) atoms. The maximum Gasteiger partial charge on any atom is 0.132 e. The molecule has 0 amide bonds. The highest BCUT2D eigenvalue weighted by molar-refractivity contribution is 7.07. The van der Waals surface area contributed by atoms with Crippen molar-refractivity contribution in [3.63, 3.8) is 0 Å². The van der Waals surface area contributed by atoms with E-state index in [4.69, 9.17) is 17.2 Å². The highest BCUT2D eigenvalue weighted by atomic mass is 32.1. The molecule has 3 nitrogen and oxygen atoms in total. The summed E-state index contributed by atoms with van der Waals surface area (Å²) in [5.41, 5.74) is 17.0. The van der Waals surface area contributed by atoms with Gasteiger partial charge in [0.2, 0.25) is 0 Å². The van der Waals surface area contributed by atoms with Crippen LogP contribution in [0.1, 0.15) is 5.56 Å². The molecule has 0 spiro atoms. The summed E-state index contributed by atoms with van der Waals surface area (Å²) >= 11 is 1.26. The molecule has 0 radical (unpaired) electrons. The maximum atomic E-state index is 13.6. The summed E-state index contributed by atoms with van der Waals surface area (Å²) in [7, 11) is 0. The van der Waals surface area contributed by atoms with Crippen LogP contribution in [0.4, 0.5) is 8.78 Å². The van der Waals surface area contributed by atoms with Gasteiger partial charge >= 0.3 is 0 Å². The van der Waals surface area contributed by atoms with Crippen molar-refractivity contribution in [2.75, 3.05) is 0 Å². The van der Waals surface area contributed by atoms with Crippen LogP contribution in [0.25, 0.3) is 11.5 Å². The van der Waals surface area contributed by atoms with Gasteiger partial charge in [-0.2, -0.15) is 0 Å². The van der Waals surface area contributed by atoms with E-state index in [1.54, 1.807) is 11.4 Å². The zero-order chi connectivity index (χ0) is 13.3. The van der Waals surface area contributed by atoms with E-state index in [0.29, 0.717) is 9.75 Å². The minimum absolute atomic E-state index is 0.0000463. The summed E-state index contributed by atoms with van der Waals surface area (Å²) in [6.07, 6.45) is 0. The summed E-state index contributed by atoms with van der Waals surface area (Å²) < 4.78 is 27.3. The first kappa shape index (κ1) is 12.4. The van der Waals surface area contributed by atoms with Gasteiger partial charge in [-0.3, -0.25) is 0 Å². The van der Waals surface area contributed by atoms with E-state index in [9.17, 15) is 8.78 Å². The van der Waals surface area contributed by atoms with Crippen LogP contribution >= 0.6 is 11.3 Å². The van der Waals surface area contributed by atoms with Crippen LogP contribution in [-0.2, 0) is 0 Å². The number of hydrogen-bond donors (Lipinski definition) is 3. The van der Waals surface area contributed by atoms with Crippen molar-refractivity contribution in [2.45, 2.75) is 0 Å². The second-order valence-corrected chi connectivity index (χ2v) is 4.57. The van der Waals surface area contributed by atoms with Crippen molar-refractivity contribution in [2.24, 2.45) is 17.2 Å². The topological polar surface area (TPSA) is 78.1 Å². The second kappa shape index (κ2) is 4.66. The fourth-order valence-corrected chi connectivity index (χ4v) is 2.46. The zero-order valence-electron chi connectivity index (χ0n) is 9.28. The van der Waals surface area contributed by atoms with Gasteiger partial charge < -0.3 is 17.2 Å². The van der Waals surface area contributed by atoms with Gasteiger partial charge in [-0.15, -0.1) is 11.3 Å². The molecule has 2 aromatic rings.